The quantitative estimate of drug-likeness (QED) is 0.793. The van der Waals surface area contributed by atoms with Gasteiger partial charge in [-0.15, -0.1) is 0 Å². The molecule has 1 aromatic heterocycles. The Bertz CT molecular complexity index is 303. The van der Waals surface area contributed by atoms with Crippen LogP contribution in [0.25, 0.3) is 0 Å². The summed E-state index contributed by atoms with van der Waals surface area (Å²) >= 11 is 0. The van der Waals surface area contributed by atoms with Crippen molar-refractivity contribution < 1.29 is 0 Å². The number of hydrogen-bond acceptors (Lipinski definition) is 2. The Labute approximate surface area is 85.5 Å². The van der Waals surface area contributed by atoms with Crippen LogP contribution >= 0.6 is 0 Å². The lowest BCUT2D eigenvalue weighted by Crippen LogP contribution is -2.30. The van der Waals surface area contributed by atoms with Crippen LogP contribution in [0.3, 0.4) is 0 Å². The van der Waals surface area contributed by atoms with E-state index in [1.54, 1.807) is 0 Å². The number of aryl methyl sites for hydroxylation is 1. The summed E-state index contributed by atoms with van der Waals surface area (Å²) in [5, 5.41) is 3.55. The van der Waals surface area contributed by atoms with Crippen molar-refractivity contribution in [2.45, 2.75) is 38.6 Å². The molecule has 1 aliphatic rings. The molecule has 0 radical (unpaired) electrons. The first kappa shape index (κ1) is 9.71. The average molecular weight is 193 g/mol. The lowest BCUT2D eigenvalue weighted by atomic mass is 10.0. The van der Waals surface area contributed by atoms with Crippen molar-refractivity contribution in [1.29, 1.82) is 0 Å². The van der Waals surface area contributed by atoms with Crippen molar-refractivity contribution in [3.63, 3.8) is 0 Å². The first-order valence-electron chi connectivity index (χ1n) is 5.56. The Morgan fingerprint density at radius 3 is 3.29 bits per heavy atom. The van der Waals surface area contributed by atoms with Crippen molar-refractivity contribution in [1.82, 2.24) is 14.9 Å². The number of unbranched alkanes of at least 4 members (excludes halogenated alkanes) is 1. The Morgan fingerprint density at radius 1 is 1.64 bits per heavy atom. The first-order valence-corrected chi connectivity index (χ1v) is 5.56. The van der Waals surface area contributed by atoms with Gasteiger partial charge in [-0.2, -0.15) is 0 Å². The standard InChI is InChI=1S/C11H19N3/c1-3-4-5-9-11-10(6-7-12-9)14(2)8-13-11/h8-9,12H,3-7H2,1-2H3. The second-order valence-corrected chi connectivity index (χ2v) is 4.09. The van der Waals surface area contributed by atoms with Gasteiger partial charge in [0.2, 0.25) is 0 Å². The predicted molar refractivity (Wildman–Crippen MR) is 57.2 cm³/mol. The number of nitrogens with zero attached hydrogens (tertiary/aromatic N) is 2. The van der Waals surface area contributed by atoms with Gasteiger partial charge in [-0.3, -0.25) is 0 Å². The monoisotopic (exact) mass is 193 g/mol. The average Bonchev–Trinajstić information content (AvgIpc) is 2.58. The molecule has 0 fully saturated rings. The zero-order valence-electron chi connectivity index (χ0n) is 9.08. The molecule has 0 aliphatic carbocycles. The van der Waals surface area contributed by atoms with Crippen molar-refractivity contribution in [2.24, 2.45) is 7.05 Å². The highest BCUT2D eigenvalue weighted by molar-refractivity contribution is 5.20. The van der Waals surface area contributed by atoms with Gasteiger partial charge >= 0.3 is 0 Å². The second-order valence-electron chi connectivity index (χ2n) is 4.09. The first-order chi connectivity index (χ1) is 6.83. The Hall–Kier alpha value is -0.830. The van der Waals surface area contributed by atoms with E-state index in [2.05, 4.69) is 28.8 Å². The molecule has 1 unspecified atom stereocenters. The summed E-state index contributed by atoms with van der Waals surface area (Å²) in [6, 6.07) is 0.500. The van der Waals surface area contributed by atoms with Crippen LogP contribution in [-0.2, 0) is 13.5 Å². The molecule has 0 saturated heterocycles. The van der Waals surface area contributed by atoms with E-state index in [-0.39, 0.29) is 0 Å². The van der Waals surface area contributed by atoms with E-state index in [4.69, 9.17) is 0 Å². The lowest BCUT2D eigenvalue weighted by Gasteiger charge is -2.23. The van der Waals surface area contributed by atoms with Crippen molar-refractivity contribution in [2.75, 3.05) is 6.54 Å². The minimum absolute atomic E-state index is 0.500. The molecule has 0 bridgehead atoms. The van der Waals surface area contributed by atoms with E-state index in [1.165, 1.54) is 30.7 Å². The molecule has 0 saturated carbocycles. The van der Waals surface area contributed by atoms with Crippen molar-refractivity contribution in [3.8, 4) is 0 Å². The normalized spacial score (nSPS) is 20.9. The number of hydrogen-bond donors (Lipinski definition) is 1. The Morgan fingerprint density at radius 2 is 2.50 bits per heavy atom. The van der Waals surface area contributed by atoms with E-state index in [0.717, 1.165) is 13.0 Å². The SMILES string of the molecule is CCCCC1NCCc2c1ncn2C. The zero-order chi connectivity index (χ0) is 9.97. The topological polar surface area (TPSA) is 29.9 Å². The summed E-state index contributed by atoms with van der Waals surface area (Å²) in [5.74, 6) is 0. The Kier molecular flexibility index (Phi) is 2.87. The molecule has 1 atom stereocenters. The summed E-state index contributed by atoms with van der Waals surface area (Å²) in [4.78, 5) is 4.49. The lowest BCUT2D eigenvalue weighted by molar-refractivity contribution is 0.446. The third-order valence-electron chi connectivity index (χ3n) is 3.02. The summed E-state index contributed by atoms with van der Waals surface area (Å²) < 4.78 is 2.16. The van der Waals surface area contributed by atoms with Crippen LogP contribution in [0.4, 0.5) is 0 Å². The van der Waals surface area contributed by atoms with Gasteiger partial charge in [-0.05, 0) is 6.42 Å². The van der Waals surface area contributed by atoms with Crippen LogP contribution in [0.2, 0.25) is 0 Å². The molecule has 2 rings (SSSR count). The molecular formula is C11H19N3. The van der Waals surface area contributed by atoms with Crippen molar-refractivity contribution >= 4 is 0 Å². The molecule has 1 N–H and O–H groups in total. The van der Waals surface area contributed by atoms with Gasteiger partial charge in [0.05, 0.1) is 18.1 Å². The van der Waals surface area contributed by atoms with Crippen LogP contribution in [0.1, 0.15) is 43.6 Å². The summed E-state index contributed by atoms with van der Waals surface area (Å²) in [7, 11) is 2.09. The van der Waals surface area contributed by atoms with Gasteiger partial charge in [0.25, 0.3) is 0 Å². The molecule has 1 aliphatic heterocycles. The molecule has 0 spiro atoms. The minimum Gasteiger partial charge on any atom is -0.337 e. The maximum atomic E-state index is 4.49. The predicted octanol–water partition coefficient (Wildman–Crippen LogP) is 1.80. The maximum absolute atomic E-state index is 4.49. The van der Waals surface area contributed by atoms with Gasteiger partial charge in [-0.25, -0.2) is 4.98 Å². The van der Waals surface area contributed by atoms with Gasteiger partial charge in [0.15, 0.2) is 0 Å². The summed E-state index contributed by atoms with van der Waals surface area (Å²) in [6.07, 6.45) is 6.83. The van der Waals surface area contributed by atoms with Gasteiger partial charge in [-0.1, -0.05) is 19.8 Å². The number of aromatic nitrogens is 2. The molecule has 0 amide bonds. The van der Waals surface area contributed by atoms with Crippen LogP contribution in [0.5, 0.6) is 0 Å². The highest BCUT2D eigenvalue weighted by Crippen LogP contribution is 2.24. The number of imidazole rings is 1. The van der Waals surface area contributed by atoms with Crippen LogP contribution in [0, 0.1) is 0 Å². The van der Waals surface area contributed by atoms with E-state index in [1.807, 2.05) is 6.33 Å². The third-order valence-corrected chi connectivity index (χ3v) is 3.02. The fraction of sp³-hybridized carbons (Fsp3) is 0.727. The van der Waals surface area contributed by atoms with Crippen LogP contribution in [0.15, 0.2) is 6.33 Å². The summed E-state index contributed by atoms with van der Waals surface area (Å²) in [6.45, 7) is 3.34. The van der Waals surface area contributed by atoms with Gasteiger partial charge < -0.3 is 9.88 Å². The fourth-order valence-corrected chi connectivity index (χ4v) is 2.18. The van der Waals surface area contributed by atoms with Crippen molar-refractivity contribution in [3.05, 3.63) is 17.7 Å². The van der Waals surface area contributed by atoms with Gasteiger partial charge in [0, 0.05) is 25.7 Å². The molecule has 78 valence electrons. The highest BCUT2D eigenvalue weighted by Gasteiger charge is 2.22. The zero-order valence-corrected chi connectivity index (χ0v) is 9.08. The molecule has 0 aromatic carbocycles. The number of rotatable bonds is 3. The maximum Gasteiger partial charge on any atom is 0.0949 e. The van der Waals surface area contributed by atoms with Crippen LogP contribution < -0.4 is 5.32 Å². The van der Waals surface area contributed by atoms with Gasteiger partial charge in [0.1, 0.15) is 0 Å². The summed E-state index contributed by atoms with van der Waals surface area (Å²) in [5.41, 5.74) is 2.71. The smallest absolute Gasteiger partial charge is 0.0949 e. The number of fused-ring (bicyclic) bond motifs is 1. The fourth-order valence-electron chi connectivity index (χ4n) is 2.18. The number of nitrogens with one attached hydrogen (secondary N) is 1. The second kappa shape index (κ2) is 4.13. The third kappa shape index (κ3) is 1.69. The van der Waals surface area contributed by atoms with E-state index < -0.39 is 0 Å². The van der Waals surface area contributed by atoms with Crippen LogP contribution in [-0.4, -0.2) is 16.1 Å². The minimum atomic E-state index is 0.500. The molecule has 14 heavy (non-hydrogen) atoms. The highest BCUT2D eigenvalue weighted by atomic mass is 15.1. The molecule has 2 heterocycles. The molecular weight excluding hydrogens is 174 g/mol. The van der Waals surface area contributed by atoms with E-state index >= 15 is 0 Å². The Balaban J connectivity index is 2.14. The largest absolute Gasteiger partial charge is 0.337 e. The van der Waals surface area contributed by atoms with E-state index in [0.29, 0.717) is 6.04 Å². The van der Waals surface area contributed by atoms with E-state index in [9.17, 15) is 0 Å². The molecule has 3 heteroatoms. The molecule has 1 aromatic rings. The molecule has 3 nitrogen and oxygen atoms in total.